The molecule has 1 saturated carbocycles. The van der Waals surface area contributed by atoms with E-state index in [1.807, 2.05) is 31.3 Å². The number of ketones is 1. The van der Waals surface area contributed by atoms with E-state index >= 15 is 0 Å². The molecule has 0 spiro atoms. The maximum absolute atomic E-state index is 13.0. The van der Waals surface area contributed by atoms with E-state index < -0.39 is 0 Å². The van der Waals surface area contributed by atoms with Crippen LogP contribution >= 0.6 is 0 Å². The van der Waals surface area contributed by atoms with Crippen LogP contribution in [0.5, 0.6) is 5.75 Å². The van der Waals surface area contributed by atoms with E-state index in [1.165, 1.54) is 6.42 Å². The summed E-state index contributed by atoms with van der Waals surface area (Å²) < 4.78 is 5.56. The molecule has 0 radical (unpaired) electrons. The van der Waals surface area contributed by atoms with Crippen molar-refractivity contribution in [2.24, 2.45) is 5.41 Å². The Bertz CT molecular complexity index is 650. The van der Waals surface area contributed by atoms with Crippen molar-refractivity contribution in [1.82, 2.24) is 4.98 Å². The predicted molar refractivity (Wildman–Crippen MR) is 85.0 cm³/mol. The first kappa shape index (κ1) is 14.2. The van der Waals surface area contributed by atoms with Crippen molar-refractivity contribution >= 4 is 16.7 Å². The van der Waals surface area contributed by atoms with Crippen LogP contribution in [0.25, 0.3) is 10.9 Å². The van der Waals surface area contributed by atoms with Crippen molar-refractivity contribution in [2.45, 2.75) is 46.0 Å². The van der Waals surface area contributed by atoms with Crippen molar-refractivity contribution in [1.29, 1.82) is 0 Å². The molecule has 0 atom stereocenters. The predicted octanol–water partition coefficient (Wildman–Crippen LogP) is 4.72. The van der Waals surface area contributed by atoms with E-state index in [0.29, 0.717) is 6.61 Å². The van der Waals surface area contributed by atoms with Gasteiger partial charge in [0.15, 0.2) is 5.78 Å². The molecule has 3 heteroatoms. The zero-order valence-electron chi connectivity index (χ0n) is 12.9. The van der Waals surface area contributed by atoms with E-state index in [0.717, 1.165) is 47.9 Å². The largest absolute Gasteiger partial charge is 0.494 e. The van der Waals surface area contributed by atoms with Crippen molar-refractivity contribution < 1.29 is 9.53 Å². The van der Waals surface area contributed by atoms with Gasteiger partial charge in [-0.25, -0.2) is 0 Å². The van der Waals surface area contributed by atoms with Crippen LogP contribution in [0.4, 0.5) is 0 Å². The fourth-order valence-electron chi connectivity index (χ4n) is 3.43. The SMILES string of the molecule is CCOc1ccc2[nH]cc(C(=O)C3(C)CCCCC3)c2c1. The molecule has 1 aliphatic carbocycles. The zero-order valence-corrected chi connectivity index (χ0v) is 12.9. The molecule has 1 aromatic carbocycles. The lowest BCUT2D eigenvalue weighted by molar-refractivity contribution is 0.0751. The van der Waals surface area contributed by atoms with Crippen LogP contribution in [0.1, 0.15) is 56.3 Å². The number of aromatic nitrogens is 1. The summed E-state index contributed by atoms with van der Waals surface area (Å²) in [6.45, 7) is 4.73. The first-order valence-corrected chi connectivity index (χ1v) is 7.93. The average Bonchev–Trinajstić information content (AvgIpc) is 2.90. The van der Waals surface area contributed by atoms with Gasteiger partial charge < -0.3 is 9.72 Å². The molecule has 1 heterocycles. The summed E-state index contributed by atoms with van der Waals surface area (Å²) in [6.07, 6.45) is 7.45. The Hall–Kier alpha value is -1.77. The summed E-state index contributed by atoms with van der Waals surface area (Å²) in [5.74, 6) is 1.11. The Kier molecular flexibility index (Phi) is 3.75. The number of fused-ring (bicyclic) bond motifs is 1. The standard InChI is InChI=1S/C18H23NO2/c1-3-21-13-7-8-16-14(11-13)15(12-19-16)17(20)18(2)9-5-4-6-10-18/h7-8,11-12,19H,3-6,9-10H2,1-2H3. The van der Waals surface area contributed by atoms with Crippen LogP contribution in [0.15, 0.2) is 24.4 Å². The first-order chi connectivity index (χ1) is 10.1. The Morgan fingerprint density at radius 1 is 1.29 bits per heavy atom. The number of hydrogen-bond donors (Lipinski definition) is 1. The summed E-state index contributed by atoms with van der Waals surface area (Å²) in [6, 6.07) is 5.91. The minimum absolute atomic E-state index is 0.199. The number of benzene rings is 1. The summed E-state index contributed by atoms with van der Waals surface area (Å²) >= 11 is 0. The molecule has 112 valence electrons. The lowest BCUT2D eigenvalue weighted by atomic mass is 9.71. The summed E-state index contributed by atoms with van der Waals surface area (Å²) in [5, 5.41) is 0.984. The van der Waals surface area contributed by atoms with E-state index in [9.17, 15) is 4.79 Å². The lowest BCUT2D eigenvalue weighted by Crippen LogP contribution is -2.30. The van der Waals surface area contributed by atoms with Crippen LogP contribution in [-0.4, -0.2) is 17.4 Å². The van der Waals surface area contributed by atoms with Gasteiger partial charge in [0.2, 0.25) is 0 Å². The topological polar surface area (TPSA) is 42.1 Å². The number of carbonyl (C=O) groups excluding carboxylic acids is 1. The smallest absolute Gasteiger partial charge is 0.170 e. The van der Waals surface area contributed by atoms with E-state index in [-0.39, 0.29) is 11.2 Å². The third-order valence-electron chi connectivity index (χ3n) is 4.71. The second kappa shape index (κ2) is 5.55. The van der Waals surface area contributed by atoms with Gasteiger partial charge >= 0.3 is 0 Å². The van der Waals surface area contributed by atoms with Gasteiger partial charge in [0.05, 0.1) is 6.61 Å². The number of H-pyrrole nitrogens is 1. The van der Waals surface area contributed by atoms with E-state index in [4.69, 9.17) is 4.74 Å². The van der Waals surface area contributed by atoms with Gasteiger partial charge in [0.25, 0.3) is 0 Å². The molecule has 1 aromatic heterocycles. The van der Waals surface area contributed by atoms with Crippen molar-refractivity contribution in [3.05, 3.63) is 30.0 Å². The third-order valence-corrected chi connectivity index (χ3v) is 4.71. The molecule has 1 aliphatic rings. The fraction of sp³-hybridized carbons (Fsp3) is 0.500. The lowest BCUT2D eigenvalue weighted by Gasteiger charge is -2.31. The van der Waals surface area contributed by atoms with Crippen LogP contribution in [0.3, 0.4) is 0 Å². The summed E-state index contributed by atoms with van der Waals surface area (Å²) in [5.41, 5.74) is 1.62. The molecule has 1 N–H and O–H groups in total. The van der Waals surface area contributed by atoms with Gasteiger partial charge in [-0.05, 0) is 38.0 Å². The molecule has 1 fully saturated rings. The van der Waals surface area contributed by atoms with Crippen LogP contribution < -0.4 is 4.74 Å². The zero-order chi connectivity index (χ0) is 14.9. The van der Waals surface area contributed by atoms with Gasteiger partial charge in [-0.3, -0.25) is 4.79 Å². The van der Waals surface area contributed by atoms with Gasteiger partial charge in [-0.2, -0.15) is 0 Å². The number of Topliss-reactive ketones (excluding diaryl/α,β-unsaturated/α-hetero) is 1. The first-order valence-electron chi connectivity index (χ1n) is 7.93. The fourth-order valence-corrected chi connectivity index (χ4v) is 3.43. The number of ether oxygens (including phenoxy) is 1. The maximum Gasteiger partial charge on any atom is 0.170 e. The summed E-state index contributed by atoms with van der Waals surface area (Å²) in [4.78, 5) is 16.2. The normalized spacial score (nSPS) is 17.8. The molecule has 21 heavy (non-hydrogen) atoms. The second-order valence-corrected chi connectivity index (χ2v) is 6.29. The van der Waals surface area contributed by atoms with Gasteiger partial charge in [0.1, 0.15) is 5.75 Å². The van der Waals surface area contributed by atoms with Crippen LogP contribution in [0, 0.1) is 5.41 Å². The molecular formula is C18H23NO2. The highest BCUT2D eigenvalue weighted by molar-refractivity contribution is 6.10. The Morgan fingerprint density at radius 2 is 2.05 bits per heavy atom. The molecule has 3 nitrogen and oxygen atoms in total. The molecule has 0 bridgehead atoms. The second-order valence-electron chi connectivity index (χ2n) is 6.29. The number of nitrogens with one attached hydrogen (secondary N) is 1. The minimum atomic E-state index is -0.199. The highest BCUT2D eigenvalue weighted by Crippen LogP contribution is 2.40. The van der Waals surface area contributed by atoms with Crippen molar-refractivity contribution in [3.63, 3.8) is 0 Å². The van der Waals surface area contributed by atoms with Crippen LogP contribution in [-0.2, 0) is 0 Å². The molecule has 2 aromatic rings. The summed E-state index contributed by atoms with van der Waals surface area (Å²) in [7, 11) is 0. The molecule has 0 aliphatic heterocycles. The quantitative estimate of drug-likeness (QED) is 0.826. The van der Waals surface area contributed by atoms with Crippen molar-refractivity contribution in [3.8, 4) is 5.75 Å². The van der Waals surface area contributed by atoms with E-state index in [1.54, 1.807) is 0 Å². The van der Waals surface area contributed by atoms with Gasteiger partial charge in [-0.15, -0.1) is 0 Å². The Morgan fingerprint density at radius 3 is 2.76 bits per heavy atom. The minimum Gasteiger partial charge on any atom is -0.494 e. The number of rotatable bonds is 4. The molecule has 0 saturated heterocycles. The maximum atomic E-state index is 13.0. The molecule has 0 amide bonds. The number of hydrogen-bond acceptors (Lipinski definition) is 2. The third kappa shape index (κ3) is 2.57. The molecule has 0 unspecified atom stereocenters. The highest BCUT2D eigenvalue weighted by Gasteiger charge is 2.36. The average molecular weight is 285 g/mol. The molecular weight excluding hydrogens is 262 g/mol. The monoisotopic (exact) mass is 285 g/mol. The van der Waals surface area contributed by atoms with Gasteiger partial charge in [-0.1, -0.05) is 26.2 Å². The van der Waals surface area contributed by atoms with Crippen LogP contribution in [0.2, 0.25) is 0 Å². The van der Waals surface area contributed by atoms with Gasteiger partial charge in [0, 0.05) is 28.1 Å². The Labute approximate surface area is 125 Å². The number of aromatic amines is 1. The number of carbonyl (C=O) groups is 1. The highest BCUT2D eigenvalue weighted by atomic mass is 16.5. The van der Waals surface area contributed by atoms with E-state index in [2.05, 4.69) is 11.9 Å². The Balaban J connectivity index is 1.99. The van der Waals surface area contributed by atoms with Crippen molar-refractivity contribution in [2.75, 3.05) is 6.61 Å². The molecule has 3 rings (SSSR count).